The molecule has 86 valence electrons. The predicted octanol–water partition coefficient (Wildman–Crippen LogP) is 2.63. The number of benzene rings is 1. The van der Waals surface area contributed by atoms with E-state index in [-0.39, 0.29) is 16.0 Å². The molecule has 1 amide bonds. The Hall–Kier alpha value is -1.82. The van der Waals surface area contributed by atoms with Crippen molar-refractivity contribution in [1.82, 2.24) is 9.97 Å². The van der Waals surface area contributed by atoms with Gasteiger partial charge in [0.05, 0.1) is 10.7 Å². The molecule has 0 bridgehead atoms. The van der Waals surface area contributed by atoms with Crippen molar-refractivity contribution in [2.45, 2.75) is 0 Å². The van der Waals surface area contributed by atoms with Crippen molar-refractivity contribution >= 4 is 27.5 Å². The van der Waals surface area contributed by atoms with Gasteiger partial charge in [0.1, 0.15) is 11.5 Å². The highest BCUT2D eigenvalue weighted by Gasteiger charge is 2.08. The highest BCUT2D eigenvalue weighted by molar-refractivity contribution is 9.10. The fraction of sp³-hybridized carbons (Fsp3) is 0. The summed E-state index contributed by atoms with van der Waals surface area (Å²) < 4.78 is 13.3. The molecule has 0 atom stereocenters. The van der Waals surface area contributed by atoms with Crippen LogP contribution in [-0.4, -0.2) is 15.9 Å². The Morgan fingerprint density at radius 3 is 2.82 bits per heavy atom. The zero-order valence-corrected chi connectivity index (χ0v) is 10.1. The van der Waals surface area contributed by atoms with Crippen LogP contribution in [0.15, 0.2) is 41.3 Å². The molecular formula is C11H7BrFN3O. The molecule has 2 rings (SSSR count). The van der Waals surface area contributed by atoms with E-state index in [0.29, 0.717) is 5.69 Å². The molecule has 0 saturated carbocycles. The van der Waals surface area contributed by atoms with Crippen LogP contribution in [0.25, 0.3) is 0 Å². The molecular weight excluding hydrogens is 289 g/mol. The van der Waals surface area contributed by atoms with Crippen molar-refractivity contribution in [3.63, 3.8) is 0 Å². The molecule has 0 saturated heterocycles. The van der Waals surface area contributed by atoms with Crippen LogP contribution in [0.2, 0.25) is 0 Å². The van der Waals surface area contributed by atoms with Crippen molar-refractivity contribution in [2.24, 2.45) is 0 Å². The number of rotatable bonds is 2. The van der Waals surface area contributed by atoms with E-state index < -0.39 is 5.91 Å². The molecule has 0 aliphatic carbocycles. The monoisotopic (exact) mass is 295 g/mol. The smallest absolute Gasteiger partial charge is 0.275 e. The molecule has 17 heavy (non-hydrogen) atoms. The first-order valence-electron chi connectivity index (χ1n) is 4.69. The minimum absolute atomic E-state index is 0.202. The van der Waals surface area contributed by atoms with Crippen LogP contribution >= 0.6 is 15.9 Å². The highest BCUT2D eigenvalue weighted by atomic mass is 79.9. The number of amides is 1. The number of nitrogens with one attached hydrogen (secondary N) is 1. The lowest BCUT2D eigenvalue weighted by Crippen LogP contribution is -2.13. The van der Waals surface area contributed by atoms with Gasteiger partial charge >= 0.3 is 0 Å². The lowest BCUT2D eigenvalue weighted by molar-refractivity contribution is 0.102. The number of hydrogen-bond donors (Lipinski definition) is 1. The van der Waals surface area contributed by atoms with Crippen molar-refractivity contribution < 1.29 is 9.18 Å². The standard InChI is InChI=1S/C11H7BrFN3O/c12-8-5-7(1-2-9(8)13)16-11(17)10-6-14-3-4-15-10/h1-6H,(H,16,17). The van der Waals surface area contributed by atoms with Gasteiger partial charge in [0.15, 0.2) is 0 Å². The minimum atomic E-state index is -0.392. The Kier molecular flexibility index (Phi) is 3.43. The fourth-order valence-corrected chi connectivity index (χ4v) is 1.56. The summed E-state index contributed by atoms with van der Waals surface area (Å²) in [5, 5.41) is 2.59. The summed E-state index contributed by atoms with van der Waals surface area (Å²) in [5.41, 5.74) is 0.682. The summed E-state index contributed by atoms with van der Waals surface area (Å²) in [7, 11) is 0. The summed E-state index contributed by atoms with van der Waals surface area (Å²) >= 11 is 3.04. The number of aromatic nitrogens is 2. The van der Waals surface area contributed by atoms with Gasteiger partial charge in [-0.15, -0.1) is 0 Å². The molecule has 1 heterocycles. The van der Waals surface area contributed by atoms with Crippen molar-refractivity contribution in [2.75, 3.05) is 5.32 Å². The molecule has 0 radical (unpaired) electrons. The summed E-state index contributed by atoms with van der Waals surface area (Å²) in [4.78, 5) is 19.3. The number of carbonyl (C=O) groups is 1. The molecule has 6 heteroatoms. The molecule has 2 aromatic rings. The normalized spacial score (nSPS) is 10.0. The molecule has 1 aromatic heterocycles. The van der Waals surface area contributed by atoms with Gasteiger partial charge in [-0.3, -0.25) is 9.78 Å². The van der Waals surface area contributed by atoms with Crippen LogP contribution in [0, 0.1) is 5.82 Å². The molecule has 1 N–H and O–H groups in total. The maximum atomic E-state index is 13.0. The average molecular weight is 296 g/mol. The number of halogens is 2. The zero-order valence-electron chi connectivity index (χ0n) is 8.52. The van der Waals surface area contributed by atoms with Crippen LogP contribution in [0.4, 0.5) is 10.1 Å². The highest BCUT2D eigenvalue weighted by Crippen LogP contribution is 2.20. The van der Waals surface area contributed by atoms with Gasteiger partial charge in [-0.25, -0.2) is 9.37 Å². The third-order valence-corrected chi connectivity index (χ3v) is 2.58. The first-order valence-corrected chi connectivity index (χ1v) is 5.48. The Balaban J connectivity index is 2.16. The summed E-state index contributed by atoms with van der Waals surface area (Å²) in [6.45, 7) is 0. The van der Waals surface area contributed by atoms with Crippen molar-refractivity contribution in [1.29, 1.82) is 0 Å². The third kappa shape index (κ3) is 2.85. The van der Waals surface area contributed by atoms with E-state index >= 15 is 0 Å². The Labute approximate surface area is 105 Å². The molecule has 0 spiro atoms. The second kappa shape index (κ2) is 5.01. The van der Waals surface area contributed by atoms with Gasteiger partial charge in [-0.2, -0.15) is 0 Å². The quantitative estimate of drug-likeness (QED) is 0.927. The minimum Gasteiger partial charge on any atom is -0.321 e. The van der Waals surface area contributed by atoms with Gasteiger partial charge in [0, 0.05) is 18.1 Å². The Morgan fingerprint density at radius 2 is 2.18 bits per heavy atom. The van der Waals surface area contributed by atoms with Crippen molar-refractivity contribution in [3.8, 4) is 0 Å². The first-order chi connectivity index (χ1) is 8.16. The number of anilines is 1. The molecule has 0 unspecified atom stereocenters. The predicted molar refractivity (Wildman–Crippen MR) is 64.1 cm³/mol. The second-order valence-electron chi connectivity index (χ2n) is 3.17. The van der Waals surface area contributed by atoms with Gasteiger partial charge in [0.25, 0.3) is 5.91 Å². The van der Waals surface area contributed by atoms with Crippen LogP contribution in [-0.2, 0) is 0 Å². The van der Waals surface area contributed by atoms with E-state index in [0.717, 1.165) is 0 Å². The molecule has 0 aliphatic rings. The zero-order chi connectivity index (χ0) is 12.3. The van der Waals surface area contributed by atoms with Crippen LogP contribution in [0.5, 0.6) is 0 Å². The van der Waals surface area contributed by atoms with E-state index in [2.05, 4.69) is 31.2 Å². The largest absolute Gasteiger partial charge is 0.321 e. The molecule has 0 aliphatic heterocycles. The maximum absolute atomic E-state index is 13.0. The van der Waals surface area contributed by atoms with Crippen LogP contribution < -0.4 is 5.32 Å². The summed E-state index contributed by atoms with van der Waals surface area (Å²) in [5.74, 6) is -0.779. The van der Waals surface area contributed by atoms with Gasteiger partial charge in [-0.05, 0) is 34.1 Å². The molecule has 1 aromatic carbocycles. The van der Waals surface area contributed by atoms with Crippen molar-refractivity contribution in [3.05, 3.63) is 52.8 Å². The SMILES string of the molecule is O=C(Nc1ccc(F)c(Br)c1)c1cnccn1. The van der Waals surface area contributed by atoms with Gasteiger partial charge < -0.3 is 5.32 Å². The number of nitrogens with zero attached hydrogens (tertiary/aromatic N) is 2. The lowest BCUT2D eigenvalue weighted by Gasteiger charge is -2.04. The second-order valence-corrected chi connectivity index (χ2v) is 4.03. The Bertz CT molecular complexity index is 548. The van der Waals surface area contributed by atoms with E-state index in [1.165, 1.54) is 36.8 Å². The van der Waals surface area contributed by atoms with Gasteiger partial charge in [0.2, 0.25) is 0 Å². The Morgan fingerprint density at radius 1 is 1.35 bits per heavy atom. The first kappa shape index (κ1) is 11.7. The molecule has 0 fully saturated rings. The fourth-order valence-electron chi connectivity index (χ4n) is 1.19. The van der Waals surface area contributed by atoms with E-state index in [1.807, 2.05) is 0 Å². The van der Waals surface area contributed by atoms with Gasteiger partial charge in [-0.1, -0.05) is 0 Å². The number of carbonyl (C=O) groups excluding carboxylic acids is 1. The average Bonchev–Trinajstić information content (AvgIpc) is 2.35. The topological polar surface area (TPSA) is 54.9 Å². The van der Waals surface area contributed by atoms with E-state index in [4.69, 9.17) is 0 Å². The van der Waals surface area contributed by atoms with E-state index in [9.17, 15) is 9.18 Å². The summed E-state index contributed by atoms with van der Waals surface area (Å²) in [6, 6.07) is 4.20. The summed E-state index contributed by atoms with van der Waals surface area (Å²) in [6.07, 6.45) is 4.26. The van der Waals surface area contributed by atoms with E-state index in [1.54, 1.807) is 0 Å². The van der Waals surface area contributed by atoms with Crippen LogP contribution in [0.1, 0.15) is 10.5 Å². The maximum Gasteiger partial charge on any atom is 0.275 e. The lowest BCUT2D eigenvalue weighted by atomic mass is 10.3. The number of hydrogen-bond acceptors (Lipinski definition) is 3. The molecule has 4 nitrogen and oxygen atoms in total. The third-order valence-electron chi connectivity index (χ3n) is 1.97. The van der Waals surface area contributed by atoms with Crippen LogP contribution in [0.3, 0.4) is 0 Å².